The summed E-state index contributed by atoms with van der Waals surface area (Å²) in [6.45, 7) is 25.1. The van der Waals surface area contributed by atoms with Gasteiger partial charge in [-0.05, 0) is 82.3 Å². The smallest absolute Gasteiger partial charge is 0.194 e. The van der Waals surface area contributed by atoms with Crippen molar-refractivity contribution in [2.75, 3.05) is 0 Å². The van der Waals surface area contributed by atoms with E-state index in [9.17, 15) is 0 Å². The second-order valence-electron chi connectivity index (χ2n) is 19.6. The van der Waals surface area contributed by atoms with Gasteiger partial charge in [-0.15, -0.1) is 68.0 Å². The topological polar surface area (TPSA) is 0 Å². The molecule has 0 fully saturated rings. The highest BCUT2D eigenvalue weighted by Crippen LogP contribution is 2.71. The lowest BCUT2D eigenvalue weighted by Crippen LogP contribution is -2.49. The highest BCUT2D eigenvalue weighted by molar-refractivity contribution is 7.24. The van der Waals surface area contributed by atoms with Crippen molar-refractivity contribution in [2.45, 2.75) is 128 Å². The SMILES string of the molecule is CC(C)(C)c1ccc(-c2cc3c(s2)C(c2ccc(C(C)(C)C)s2)(c2ccc(C(C)(C)C)s2)c2sc(-c4ccc(C(C)(C)C)s4)cc2C2=C3C(F)(F)C(F)(F)C2(F)F)s1. The number of thiophene rings is 6. The minimum absolute atomic E-state index is 0.211. The number of halogens is 6. The Bertz CT molecular complexity index is 2420. The molecule has 0 aromatic carbocycles. The van der Waals surface area contributed by atoms with Gasteiger partial charge in [-0.25, -0.2) is 0 Å². The predicted octanol–water partition coefficient (Wildman–Crippen LogP) is 17.1. The second kappa shape index (κ2) is 13.0. The van der Waals surface area contributed by atoms with Crippen LogP contribution in [0.3, 0.4) is 0 Å². The van der Waals surface area contributed by atoms with Crippen molar-refractivity contribution in [2.24, 2.45) is 0 Å². The number of hydrogen-bond donors (Lipinski definition) is 0. The number of rotatable bonds is 4. The minimum atomic E-state index is -5.67. The molecule has 58 heavy (non-hydrogen) atoms. The summed E-state index contributed by atoms with van der Waals surface area (Å²) in [5.41, 5.74) is -5.44. The standard InChI is InChI=1S/C46H46F6S6/c1-39(2,3)29-15-13-25(53-29)27-21-23-35-36(45(49,50)46(51,52)44(35,47)48)24-22-28(26-14-16-30(54-26)40(4,5)6)56-38(24)43(37(23)55-27,33-19-17-31(57-33)41(7,8)9)34-20-18-32(58-34)42(10,11)12/h13-22H,1-12H3. The summed E-state index contributed by atoms with van der Waals surface area (Å²) < 4.78 is 99.5. The quantitative estimate of drug-likeness (QED) is 0.155. The van der Waals surface area contributed by atoms with Gasteiger partial charge in [0.2, 0.25) is 0 Å². The molecule has 0 spiro atoms. The Labute approximate surface area is 361 Å². The first-order valence-corrected chi connectivity index (χ1v) is 24.0. The lowest BCUT2D eigenvalue weighted by atomic mass is 9.77. The molecule has 0 aliphatic heterocycles. The van der Waals surface area contributed by atoms with Crippen molar-refractivity contribution in [3.63, 3.8) is 0 Å². The third-order valence-corrected chi connectivity index (χ3v) is 20.1. The van der Waals surface area contributed by atoms with Crippen LogP contribution in [-0.2, 0) is 27.1 Å². The molecule has 0 saturated heterocycles. The summed E-state index contributed by atoms with van der Waals surface area (Å²) in [4.78, 5) is 9.09. The molecule has 0 bridgehead atoms. The van der Waals surface area contributed by atoms with Crippen molar-refractivity contribution in [3.8, 4) is 19.5 Å². The molecular weight excluding hydrogens is 859 g/mol. The summed E-state index contributed by atoms with van der Waals surface area (Å²) in [6.07, 6.45) is 0. The van der Waals surface area contributed by atoms with E-state index in [1.54, 1.807) is 0 Å². The Kier molecular flexibility index (Phi) is 9.48. The molecule has 0 radical (unpaired) electrons. The van der Waals surface area contributed by atoms with Gasteiger partial charge in [0.25, 0.3) is 0 Å². The summed E-state index contributed by atoms with van der Waals surface area (Å²) in [5, 5.41) is 0. The maximum absolute atomic E-state index is 16.9. The molecule has 0 amide bonds. The molecule has 2 aliphatic carbocycles. The highest BCUT2D eigenvalue weighted by Gasteiger charge is 2.81. The Balaban J connectivity index is 1.58. The summed E-state index contributed by atoms with van der Waals surface area (Å²) in [5.74, 6) is -16.0. The Hall–Kier alpha value is -2.48. The largest absolute Gasteiger partial charge is 0.380 e. The zero-order chi connectivity index (χ0) is 42.6. The van der Waals surface area contributed by atoms with E-state index in [1.807, 2.05) is 48.5 Å². The molecule has 0 unspecified atom stereocenters. The second-order valence-corrected chi connectivity index (χ2v) is 26.0. The fourth-order valence-corrected chi connectivity index (χ4v) is 15.7. The molecule has 8 rings (SSSR count). The zero-order valence-corrected chi connectivity index (χ0v) is 39.4. The third kappa shape index (κ3) is 6.10. The number of allylic oxidation sites excluding steroid dienone is 2. The molecular formula is C46H46F6S6. The maximum Gasteiger partial charge on any atom is 0.380 e. The van der Waals surface area contributed by atoms with Crippen molar-refractivity contribution < 1.29 is 26.3 Å². The van der Waals surface area contributed by atoms with Gasteiger partial charge in [0, 0.05) is 80.8 Å². The lowest BCUT2D eigenvalue weighted by Gasteiger charge is -2.34. The molecule has 12 heteroatoms. The van der Waals surface area contributed by atoms with Crippen LogP contribution in [0, 0.1) is 0 Å². The maximum atomic E-state index is 16.9. The van der Waals surface area contributed by atoms with Crippen LogP contribution < -0.4 is 0 Å². The predicted molar refractivity (Wildman–Crippen MR) is 239 cm³/mol. The summed E-state index contributed by atoms with van der Waals surface area (Å²) in [6, 6.07) is 18.9. The average molecular weight is 905 g/mol. The zero-order valence-electron chi connectivity index (χ0n) is 34.5. The van der Waals surface area contributed by atoms with E-state index in [0.29, 0.717) is 19.5 Å². The van der Waals surface area contributed by atoms with Gasteiger partial charge in [0.05, 0.1) is 0 Å². The molecule has 0 N–H and O–H groups in total. The van der Waals surface area contributed by atoms with E-state index in [4.69, 9.17) is 0 Å². The van der Waals surface area contributed by atoms with Crippen molar-refractivity contribution in [3.05, 3.63) is 111 Å². The fraction of sp³-hybridized carbons (Fsp3) is 0.435. The monoisotopic (exact) mass is 904 g/mol. The molecule has 2 aliphatic rings. The number of hydrogen-bond acceptors (Lipinski definition) is 6. The van der Waals surface area contributed by atoms with Crippen LogP contribution in [0.5, 0.6) is 0 Å². The first-order valence-electron chi connectivity index (χ1n) is 19.1. The van der Waals surface area contributed by atoms with Crippen LogP contribution in [-0.4, -0.2) is 17.8 Å². The first-order chi connectivity index (χ1) is 26.5. The number of alkyl halides is 6. The normalized spacial score (nSPS) is 18.7. The van der Waals surface area contributed by atoms with Gasteiger partial charge >= 0.3 is 17.8 Å². The van der Waals surface area contributed by atoms with Crippen LogP contribution in [0.1, 0.15) is 133 Å². The molecule has 0 atom stereocenters. The van der Waals surface area contributed by atoms with E-state index in [2.05, 4.69) is 83.1 Å². The van der Waals surface area contributed by atoms with Crippen molar-refractivity contribution in [1.29, 1.82) is 0 Å². The molecule has 6 heterocycles. The minimum Gasteiger partial charge on any atom is -0.194 e. The first kappa shape index (κ1) is 42.2. The summed E-state index contributed by atoms with van der Waals surface area (Å²) in [7, 11) is 0. The lowest BCUT2D eigenvalue weighted by molar-refractivity contribution is -0.254. The molecule has 308 valence electrons. The van der Waals surface area contributed by atoms with Gasteiger partial charge in [0.1, 0.15) is 5.41 Å². The van der Waals surface area contributed by atoms with Crippen LogP contribution >= 0.6 is 68.0 Å². The van der Waals surface area contributed by atoms with E-state index < -0.39 is 34.3 Å². The summed E-state index contributed by atoms with van der Waals surface area (Å²) >= 11 is 8.58. The number of fused-ring (bicyclic) bond motifs is 4. The third-order valence-electron chi connectivity index (χ3n) is 11.0. The van der Waals surface area contributed by atoms with E-state index >= 15 is 26.3 Å². The molecule has 6 aromatic rings. The van der Waals surface area contributed by atoms with Crippen molar-refractivity contribution in [1.82, 2.24) is 0 Å². The Morgan fingerprint density at radius 2 is 0.690 bits per heavy atom. The van der Waals surface area contributed by atoms with Gasteiger partial charge in [-0.2, -0.15) is 26.3 Å². The van der Waals surface area contributed by atoms with Gasteiger partial charge in [0.15, 0.2) is 0 Å². The molecule has 6 aromatic heterocycles. The van der Waals surface area contributed by atoms with Gasteiger partial charge in [-0.3, -0.25) is 0 Å². The molecule has 0 saturated carbocycles. The molecule has 0 nitrogen and oxygen atoms in total. The van der Waals surface area contributed by atoms with Gasteiger partial charge in [-0.1, -0.05) is 83.1 Å². The van der Waals surface area contributed by atoms with Gasteiger partial charge < -0.3 is 0 Å². The Morgan fingerprint density at radius 3 is 0.983 bits per heavy atom. The van der Waals surface area contributed by atoms with Crippen LogP contribution in [0.25, 0.3) is 30.7 Å². The highest BCUT2D eigenvalue weighted by atomic mass is 32.1. The van der Waals surface area contributed by atoms with E-state index in [0.717, 1.165) is 39.0 Å². The Morgan fingerprint density at radius 1 is 0.379 bits per heavy atom. The van der Waals surface area contributed by atoms with Crippen LogP contribution in [0.2, 0.25) is 0 Å². The van der Waals surface area contributed by atoms with Crippen molar-refractivity contribution >= 4 is 79.2 Å². The van der Waals surface area contributed by atoms with Crippen LogP contribution in [0.15, 0.2) is 60.7 Å². The average Bonchev–Trinajstić information content (AvgIpc) is 3.93. The van der Waals surface area contributed by atoms with E-state index in [1.165, 1.54) is 80.2 Å². The van der Waals surface area contributed by atoms with E-state index in [-0.39, 0.29) is 32.8 Å². The van der Waals surface area contributed by atoms with Crippen LogP contribution in [0.4, 0.5) is 26.3 Å². The fourth-order valence-electron chi connectivity index (χ4n) is 7.69.